The van der Waals surface area contributed by atoms with Crippen molar-refractivity contribution >= 4 is 11.1 Å². The zero-order chi connectivity index (χ0) is 22.3. The molecule has 4 aromatic carbocycles. The molecule has 0 aliphatic rings. The molecule has 0 amide bonds. The van der Waals surface area contributed by atoms with Crippen LogP contribution in [0.15, 0.2) is 103 Å². The molecule has 0 aromatic heterocycles. The molecule has 0 radical (unpaired) electrons. The summed E-state index contributed by atoms with van der Waals surface area (Å²) in [5, 5.41) is 0. The Hall–Kier alpha value is -3.98. The van der Waals surface area contributed by atoms with Gasteiger partial charge in [0.2, 0.25) is 0 Å². The zero-order valence-corrected chi connectivity index (χ0v) is 18.5. The Kier molecular flexibility index (Phi) is 6.57. The van der Waals surface area contributed by atoms with Gasteiger partial charge in [0.15, 0.2) is 0 Å². The summed E-state index contributed by atoms with van der Waals surface area (Å²) >= 11 is 0. The third-order valence-electron chi connectivity index (χ3n) is 5.45. The highest BCUT2D eigenvalue weighted by atomic mass is 16.5. The average molecular weight is 423 g/mol. The van der Waals surface area contributed by atoms with Crippen molar-refractivity contribution in [2.45, 2.75) is 0 Å². The van der Waals surface area contributed by atoms with Crippen LogP contribution in [0.1, 0.15) is 22.3 Å². The van der Waals surface area contributed by atoms with Crippen LogP contribution in [0.5, 0.6) is 17.2 Å². The third kappa shape index (κ3) is 4.52. The summed E-state index contributed by atoms with van der Waals surface area (Å²) in [5.41, 5.74) is 6.73. The van der Waals surface area contributed by atoms with Crippen LogP contribution in [0.25, 0.3) is 11.1 Å². The fourth-order valence-corrected chi connectivity index (χ4v) is 3.79. The van der Waals surface area contributed by atoms with Gasteiger partial charge in [-0.2, -0.15) is 0 Å². The molecule has 0 fully saturated rings. The monoisotopic (exact) mass is 422 g/mol. The molecule has 0 saturated carbocycles. The highest BCUT2D eigenvalue weighted by Crippen LogP contribution is 2.38. The normalized spacial score (nSPS) is 10.3. The van der Waals surface area contributed by atoms with E-state index in [0.29, 0.717) is 0 Å². The Bertz CT molecular complexity index is 1120. The first-order valence-corrected chi connectivity index (χ1v) is 10.5. The van der Waals surface area contributed by atoms with Crippen LogP contribution in [0.2, 0.25) is 0 Å². The topological polar surface area (TPSA) is 27.7 Å². The highest BCUT2D eigenvalue weighted by Gasteiger charge is 2.16. The Balaban J connectivity index is 2.02. The first-order valence-electron chi connectivity index (χ1n) is 10.5. The van der Waals surface area contributed by atoms with Crippen molar-refractivity contribution in [3.05, 3.63) is 125 Å². The van der Waals surface area contributed by atoms with E-state index >= 15 is 0 Å². The molecular formula is C29H26O3. The fraction of sp³-hybridized carbons (Fsp3) is 0.103. The minimum absolute atomic E-state index is 0.827. The molecule has 0 N–H and O–H groups in total. The smallest absolute Gasteiger partial charge is 0.118 e. The van der Waals surface area contributed by atoms with Crippen molar-refractivity contribution in [2.75, 3.05) is 21.3 Å². The van der Waals surface area contributed by atoms with Gasteiger partial charge < -0.3 is 14.2 Å². The van der Waals surface area contributed by atoms with E-state index in [2.05, 4.69) is 60.7 Å². The van der Waals surface area contributed by atoms with Gasteiger partial charge in [0.05, 0.1) is 21.3 Å². The summed E-state index contributed by atoms with van der Waals surface area (Å²) in [7, 11) is 5.05. The molecule has 160 valence electrons. The number of hydrogen-bond acceptors (Lipinski definition) is 3. The molecule has 0 atom stereocenters. The van der Waals surface area contributed by atoms with E-state index in [0.717, 1.165) is 50.6 Å². The quantitative estimate of drug-likeness (QED) is 0.309. The molecule has 0 spiro atoms. The maximum atomic E-state index is 5.39. The lowest BCUT2D eigenvalue weighted by molar-refractivity contribution is 0.414. The Morgan fingerprint density at radius 1 is 0.375 bits per heavy atom. The Morgan fingerprint density at radius 3 is 0.938 bits per heavy atom. The van der Waals surface area contributed by atoms with Gasteiger partial charge in [0, 0.05) is 0 Å². The molecule has 4 aromatic rings. The summed E-state index contributed by atoms with van der Waals surface area (Å²) in [6.07, 6.45) is 0. The van der Waals surface area contributed by atoms with Crippen molar-refractivity contribution in [1.29, 1.82) is 0 Å². The minimum Gasteiger partial charge on any atom is -0.497 e. The first kappa shape index (κ1) is 21.3. The molecule has 32 heavy (non-hydrogen) atoms. The second kappa shape index (κ2) is 9.88. The van der Waals surface area contributed by atoms with Crippen LogP contribution in [-0.4, -0.2) is 21.3 Å². The average Bonchev–Trinajstić information content (AvgIpc) is 2.88. The molecule has 0 aliphatic heterocycles. The SMILES string of the molecule is COc1ccc(C(=C(c2ccc(OC)cc2)c2ccc(OC)cc2)c2ccccc2)cc1. The number of hydrogen-bond donors (Lipinski definition) is 0. The van der Waals surface area contributed by atoms with Gasteiger partial charge in [-0.05, 0) is 69.8 Å². The molecule has 0 aliphatic carbocycles. The van der Waals surface area contributed by atoms with Crippen LogP contribution in [0.4, 0.5) is 0 Å². The van der Waals surface area contributed by atoms with Crippen molar-refractivity contribution in [1.82, 2.24) is 0 Å². The van der Waals surface area contributed by atoms with Crippen molar-refractivity contribution in [3.63, 3.8) is 0 Å². The largest absolute Gasteiger partial charge is 0.497 e. The van der Waals surface area contributed by atoms with E-state index in [1.54, 1.807) is 21.3 Å². The van der Waals surface area contributed by atoms with E-state index < -0.39 is 0 Å². The van der Waals surface area contributed by atoms with Gasteiger partial charge in [-0.15, -0.1) is 0 Å². The number of ether oxygens (including phenoxy) is 3. The van der Waals surface area contributed by atoms with Crippen molar-refractivity contribution in [3.8, 4) is 17.2 Å². The number of methoxy groups -OCH3 is 3. The van der Waals surface area contributed by atoms with Crippen molar-refractivity contribution in [2.24, 2.45) is 0 Å². The lowest BCUT2D eigenvalue weighted by atomic mass is 9.85. The van der Waals surface area contributed by atoms with Crippen LogP contribution in [0, 0.1) is 0 Å². The summed E-state index contributed by atoms with van der Waals surface area (Å²) in [4.78, 5) is 0. The van der Waals surface area contributed by atoms with Crippen LogP contribution in [-0.2, 0) is 0 Å². The van der Waals surface area contributed by atoms with Gasteiger partial charge >= 0.3 is 0 Å². The standard InChI is InChI=1S/C29H26O3/c1-30-25-15-9-22(10-16-25)28(21-7-5-4-6-8-21)29(23-11-17-26(31-2)18-12-23)24-13-19-27(32-3)20-14-24/h4-20H,1-3H3. The maximum absolute atomic E-state index is 5.39. The zero-order valence-electron chi connectivity index (χ0n) is 18.5. The lowest BCUT2D eigenvalue weighted by Gasteiger charge is -2.19. The second-order valence-corrected chi connectivity index (χ2v) is 7.30. The number of benzene rings is 4. The molecular weight excluding hydrogens is 396 g/mol. The van der Waals surface area contributed by atoms with Gasteiger partial charge in [0.1, 0.15) is 17.2 Å². The van der Waals surface area contributed by atoms with E-state index in [4.69, 9.17) is 14.2 Å². The third-order valence-corrected chi connectivity index (χ3v) is 5.45. The van der Waals surface area contributed by atoms with Crippen molar-refractivity contribution < 1.29 is 14.2 Å². The first-order chi connectivity index (χ1) is 15.7. The summed E-state index contributed by atoms with van der Waals surface area (Å²) in [6, 6.07) is 35.1. The second-order valence-electron chi connectivity index (χ2n) is 7.30. The summed E-state index contributed by atoms with van der Waals surface area (Å²) in [5.74, 6) is 2.48. The highest BCUT2D eigenvalue weighted by molar-refractivity contribution is 6.04. The fourth-order valence-electron chi connectivity index (χ4n) is 3.79. The Labute approximate surface area is 189 Å². The van der Waals surface area contributed by atoms with Gasteiger partial charge in [0.25, 0.3) is 0 Å². The van der Waals surface area contributed by atoms with E-state index in [1.807, 2.05) is 42.5 Å². The van der Waals surface area contributed by atoms with Crippen LogP contribution >= 0.6 is 0 Å². The molecule has 0 unspecified atom stereocenters. The molecule has 3 heteroatoms. The van der Waals surface area contributed by atoms with Crippen LogP contribution in [0.3, 0.4) is 0 Å². The molecule has 0 bridgehead atoms. The molecule has 4 rings (SSSR count). The lowest BCUT2D eigenvalue weighted by Crippen LogP contribution is -1.98. The van der Waals surface area contributed by atoms with Crippen LogP contribution < -0.4 is 14.2 Å². The molecule has 0 saturated heterocycles. The van der Waals surface area contributed by atoms with Gasteiger partial charge in [-0.3, -0.25) is 0 Å². The van der Waals surface area contributed by atoms with E-state index in [-0.39, 0.29) is 0 Å². The predicted octanol–water partition coefficient (Wildman–Crippen LogP) is 6.72. The van der Waals surface area contributed by atoms with Gasteiger partial charge in [-0.1, -0.05) is 66.7 Å². The van der Waals surface area contributed by atoms with E-state index in [1.165, 1.54) is 0 Å². The summed E-state index contributed by atoms with van der Waals surface area (Å²) < 4.78 is 16.2. The number of rotatable bonds is 7. The predicted molar refractivity (Wildman–Crippen MR) is 130 cm³/mol. The summed E-state index contributed by atoms with van der Waals surface area (Å²) in [6.45, 7) is 0. The Morgan fingerprint density at radius 2 is 0.656 bits per heavy atom. The maximum Gasteiger partial charge on any atom is 0.118 e. The van der Waals surface area contributed by atoms with E-state index in [9.17, 15) is 0 Å². The molecule has 3 nitrogen and oxygen atoms in total. The molecule has 0 heterocycles. The van der Waals surface area contributed by atoms with Gasteiger partial charge in [-0.25, -0.2) is 0 Å². The minimum atomic E-state index is 0.827.